The van der Waals surface area contributed by atoms with Gasteiger partial charge in [-0.25, -0.2) is 8.42 Å². The molecule has 0 bridgehead atoms. The Hall–Kier alpha value is -2.00. The summed E-state index contributed by atoms with van der Waals surface area (Å²) in [5, 5.41) is 9.94. The summed E-state index contributed by atoms with van der Waals surface area (Å²) in [6.45, 7) is 7.08. The standard InChI is InChI=1S/C15H19N3O4S2/c1-5-24(20,21)15-18-17-14(23-15)16-13(19)11(4)22-12-7-6-9(2)10(3)8-12/h6-8,11H,5H2,1-4H3,(H,16,17,19)/t11-/m0/s1. The number of benzene rings is 1. The summed E-state index contributed by atoms with van der Waals surface area (Å²) in [6, 6.07) is 5.57. The zero-order valence-corrected chi connectivity index (χ0v) is 15.5. The lowest BCUT2D eigenvalue weighted by atomic mass is 10.1. The third kappa shape index (κ3) is 4.30. The maximum absolute atomic E-state index is 12.2. The van der Waals surface area contributed by atoms with Crippen LogP contribution in [0.3, 0.4) is 0 Å². The lowest BCUT2D eigenvalue weighted by Crippen LogP contribution is -2.30. The van der Waals surface area contributed by atoms with Crippen molar-refractivity contribution in [1.82, 2.24) is 10.2 Å². The first-order valence-corrected chi connectivity index (χ1v) is 9.81. The van der Waals surface area contributed by atoms with Gasteiger partial charge >= 0.3 is 0 Å². The molecule has 1 aromatic heterocycles. The smallest absolute Gasteiger partial charge is 0.266 e. The van der Waals surface area contributed by atoms with Crippen LogP contribution in [0.2, 0.25) is 0 Å². The molecule has 24 heavy (non-hydrogen) atoms. The molecule has 0 saturated heterocycles. The number of ether oxygens (including phenoxy) is 1. The predicted octanol–water partition coefficient (Wildman–Crippen LogP) is 2.35. The number of carbonyl (C=O) groups is 1. The van der Waals surface area contributed by atoms with E-state index in [1.165, 1.54) is 6.92 Å². The van der Waals surface area contributed by atoms with E-state index in [2.05, 4.69) is 15.5 Å². The second kappa shape index (κ2) is 7.27. The van der Waals surface area contributed by atoms with E-state index in [-0.39, 0.29) is 15.2 Å². The van der Waals surface area contributed by atoms with Crippen LogP contribution in [0.5, 0.6) is 5.75 Å². The van der Waals surface area contributed by atoms with Crippen molar-refractivity contribution >= 4 is 32.2 Å². The summed E-state index contributed by atoms with van der Waals surface area (Å²) in [7, 11) is -3.43. The van der Waals surface area contributed by atoms with Gasteiger partial charge in [0.2, 0.25) is 19.3 Å². The third-order valence-corrected chi connectivity index (χ3v) is 6.46. The molecule has 0 fully saturated rings. The topological polar surface area (TPSA) is 98.3 Å². The average molecular weight is 369 g/mol. The van der Waals surface area contributed by atoms with Gasteiger partial charge in [0.25, 0.3) is 5.91 Å². The molecule has 2 rings (SSSR count). The van der Waals surface area contributed by atoms with E-state index in [1.807, 2.05) is 26.0 Å². The highest BCUT2D eigenvalue weighted by atomic mass is 32.2. The number of nitrogens with one attached hydrogen (secondary N) is 1. The van der Waals surface area contributed by atoms with Crippen LogP contribution in [-0.2, 0) is 14.6 Å². The van der Waals surface area contributed by atoms with Gasteiger partial charge in [-0.15, -0.1) is 10.2 Å². The molecule has 1 heterocycles. The second-order valence-corrected chi connectivity index (χ2v) is 8.70. The molecule has 130 valence electrons. The van der Waals surface area contributed by atoms with E-state index in [0.29, 0.717) is 5.75 Å². The Balaban J connectivity index is 2.02. The minimum atomic E-state index is -3.43. The van der Waals surface area contributed by atoms with Crippen molar-refractivity contribution in [2.75, 3.05) is 11.1 Å². The highest BCUT2D eigenvalue weighted by molar-refractivity contribution is 7.93. The molecule has 1 aromatic carbocycles. The number of nitrogens with zero attached hydrogens (tertiary/aromatic N) is 2. The van der Waals surface area contributed by atoms with Gasteiger partial charge in [0.05, 0.1) is 5.75 Å². The number of hydrogen-bond acceptors (Lipinski definition) is 7. The Morgan fingerprint density at radius 1 is 1.29 bits per heavy atom. The SMILES string of the molecule is CCS(=O)(=O)c1nnc(NC(=O)[C@H](C)Oc2ccc(C)c(C)c2)s1. The molecular formula is C15H19N3O4S2. The normalized spacial score (nSPS) is 12.7. The zero-order chi connectivity index (χ0) is 17.9. The van der Waals surface area contributed by atoms with E-state index in [9.17, 15) is 13.2 Å². The van der Waals surface area contributed by atoms with E-state index in [4.69, 9.17) is 4.74 Å². The van der Waals surface area contributed by atoms with Crippen LogP contribution in [0.15, 0.2) is 22.5 Å². The summed E-state index contributed by atoms with van der Waals surface area (Å²) < 4.78 is 28.9. The monoisotopic (exact) mass is 369 g/mol. The molecule has 0 spiro atoms. The molecule has 1 N–H and O–H groups in total. The Morgan fingerprint density at radius 3 is 2.62 bits per heavy atom. The van der Waals surface area contributed by atoms with Gasteiger partial charge in [0, 0.05) is 0 Å². The Morgan fingerprint density at radius 2 is 2.00 bits per heavy atom. The molecule has 1 atom stereocenters. The van der Waals surface area contributed by atoms with Crippen LogP contribution in [0.25, 0.3) is 0 Å². The fourth-order valence-corrected chi connectivity index (χ4v) is 3.75. The maximum atomic E-state index is 12.2. The Bertz CT molecular complexity index is 846. The minimum Gasteiger partial charge on any atom is -0.481 e. The molecular weight excluding hydrogens is 350 g/mol. The molecule has 0 unspecified atom stereocenters. The van der Waals surface area contributed by atoms with Crippen LogP contribution in [-0.4, -0.2) is 36.4 Å². The summed E-state index contributed by atoms with van der Waals surface area (Å²) in [5.41, 5.74) is 2.21. The largest absolute Gasteiger partial charge is 0.481 e. The first-order chi connectivity index (χ1) is 11.2. The lowest BCUT2D eigenvalue weighted by Gasteiger charge is -2.14. The van der Waals surface area contributed by atoms with Crippen LogP contribution in [0, 0.1) is 13.8 Å². The highest BCUT2D eigenvalue weighted by Crippen LogP contribution is 2.22. The van der Waals surface area contributed by atoms with E-state index in [1.54, 1.807) is 13.0 Å². The molecule has 0 radical (unpaired) electrons. The summed E-state index contributed by atoms with van der Waals surface area (Å²) >= 11 is 0.823. The second-order valence-electron chi connectivity index (χ2n) is 5.27. The minimum absolute atomic E-state index is 0.0676. The number of anilines is 1. The quantitative estimate of drug-likeness (QED) is 0.785. The van der Waals surface area contributed by atoms with Crippen molar-refractivity contribution in [2.24, 2.45) is 0 Å². The van der Waals surface area contributed by atoms with Gasteiger partial charge in [-0.2, -0.15) is 0 Å². The van der Waals surface area contributed by atoms with Gasteiger partial charge in [0.1, 0.15) is 5.75 Å². The van der Waals surface area contributed by atoms with Gasteiger partial charge in [-0.05, 0) is 44.0 Å². The van der Waals surface area contributed by atoms with Gasteiger partial charge < -0.3 is 4.74 Å². The summed E-state index contributed by atoms with van der Waals surface area (Å²) in [6.07, 6.45) is -0.762. The molecule has 9 heteroatoms. The fourth-order valence-electron chi connectivity index (χ4n) is 1.76. The molecule has 0 aliphatic carbocycles. The van der Waals surface area contributed by atoms with Crippen molar-refractivity contribution < 1.29 is 17.9 Å². The number of rotatable bonds is 6. The average Bonchev–Trinajstić information content (AvgIpc) is 3.00. The summed E-state index contributed by atoms with van der Waals surface area (Å²) in [5.74, 6) is 0.0964. The van der Waals surface area contributed by atoms with Gasteiger partial charge in [0.15, 0.2) is 6.10 Å². The number of carbonyl (C=O) groups excluding carboxylic acids is 1. The number of aryl methyl sites for hydroxylation is 2. The Labute approximate surface area is 145 Å². The number of hydrogen-bond donors (Lipinski definition) is 1. The van der Waals surface area contributed by atoms with Gasteiger partial charge in [-0.1, -0.05) is 24.3 Å². The number of aromatic nitrogens is 2. The van der Waals surface area contributed by atoms with Crippen LogP contribution in [0.4, 0.5) is 5.13 Å². The van der Waals surface area contributed by atoms with E-state index < -0.39 is 21.8 Å². The Kier molecular flexibility index (Phi) is 5.55. The highest BCUT2D eigenvalue weighted by Gasteiger charge is 2.21. The fraction of sp³-hybridized carbons (Fsp3) is 0.400. The molecule has 2 aromatic rings. The van der Waals surface area contributed by atoms with Gasteiger partial charge in [-0.3, -0.25) is 10.1 Å². The summed E-state index contributed by atoms with van der Waals surface area (Å²) in [4.78, 5) is 12.2. The first-order valence-electron chi connectivity index (χ1n) is 7.34. The third-order valence-electron chi connectivity index (χ3n) is 3.44. The van der Waals surface area contributed by atoms with Crippen molar-refractivity contribution in [1.29, 1.82) is 0 Å². The molecule has 0 aliphatic heterocycles. The van der Waals surface area contributed by atoms with Crippen molar-refractivity contribution in [3.63, 3.8) is 0 Å². The zero-order valence-electron chi connectivity index (χ0n) is 13.9. The maximum Gasteiger partial charge on any atom is 0.266 e. The number of sulfone groups is 1. The predicted molar refractivity (Wildman–Crippen MR) is 92.3 cm³/mol. The molecule has 0 saturated carbocycles. The van der Waals surface area contributed by atoms with Crippen molar-refractivity contribution in [2.45, 2.75) is 38.1 Å². The van der Waals surface area contributed by atoms with E-state index in [0.717, 1.165) is 22.5 Å². The molecule has 1 amide bonds. The van der Waals surface area contributed by atoms with Crippen LogP contribution >= 0.6 is 11.3 Å². The van der Waals surface area contributed by atoms with E-state index >= 15 is 0 Å². The molecule has 0 aliphatic rings. The lowest BCUT2D eigenvalue weighted by molar-refractivity contribution is -0.122. The van der Waals surface area contributed by atoms with Crippen LogP contribution < -0.4 is 10.1 Å². The number of amides is 1. The first kappa shape index (κ1) is 18.3. The molecule has 7 nitrogen and oxygen atoms in total. The van der Waals surface area contributed by atoms with Crippen LogP contribution in [0.1, 0.15) is 25.0 Å². The van der Waals surface area contributed by atoms with Crippen molar-refractivity contribution in [3.05, 3.63) is 29.3 Å². The van der Waals surface area contributed by atoms with Crippen molar-refractivity contribution in [3.8, 4) is 5.75 Å².